The van der Waals surface area contributed by atoms with E-state index in [4.69, 9.17) is 4.74 Å². The molecule has 0 N–H and O–H groups in total. The Kier molecular flexibility index (Phi) is 4.99. The number of ether oxygens (including phenoxy) is 1. The van der Waals surface area contributed by atoms with Crippen molar-refractivity contribution in [3.05, 3.63) is 30.1 Å². The van der Waals surface area contributed by atoms with E-state index in [0.717, 1.165) is 12.8 Å². The Labute approximate surface area is 119 Å². The fourth-order valence-electron chi connectivity index (χ4n) is 2.28. The summed E-state index contributed by atoms with van der Waals surface area (Å²) in [4.78, 5) is 0. The van der Waals surface area contributed by atoms with Crippen LogP contribution in [-0.2, 0) is 10.0 Å². The standard InChI is InChI=1S/C14H20FNO3S/c1-2-20(17,18)16-9-7-12(8-10-16)11-19-14-5-3-13(15)4-6-14/h3-6,12H,2,7-11H2,1H3. The minimum absolute atomic E-state index is 0.156. The van der Waals surface area contributed by atoms with Gasteiger partial charge in [-0.3, -0.25) is 0 Å². The SMILES string of the molecule is CCS(=O)(=O)N1CCC(COc2ccc(F)cc2)CC1. The lowest BCUT2D eigenvalue weighted by molar-refractivity contribution is 0.185. The van der Waals surface area contributed by atoms with Gasteiger partial charge in [0.2, 0.25) is 10.0 Å². The number of nitrogens with zero attached hydrogens (tertiary/aromatic N) is 1. The molecule has 0 bridgehead atoms. The molecular weight excluding hydrogens is 281 g/mol. The smallest absolute Gasteiger partial charge is 0.213 e. The Balaban J connectivity index is 1.79. The average Bonchev–Trinajstić information content (AvgIpc) is 2.47. The summed E-state index contributed by atoms with van der Waals surface area (Å²) in [6.45, 7) is 3.34. The van der Waals surface area contributed by atoms with E-state index in [1.165, 1.54) is 12.1 Å². The van der Waals surface area contributed by atoms with Gasteiger partial charge in [0, 0.05) is 13.1 Å². The summed E-state index contributed by atoms with van der Waals surface area (Å²) in [5.41, 5.74) is 0. The molecule has 1 aliphatic rings. The maximum absolute atomic E-state index is 12.8. The number of piperidine rings is 1. The summed E-state index contributed by atoms with van der Waals surface area (Å²) in [5, 5.41) is 0. The molecule has 4 nitrogen and oxygen atoms in total. The van der Waals surface area contributed by atoms with Gasteiger partial charge in [-0.1, -0.05) is 0 Å². The Morgan fingerprint density at radius 3 is 2.40 bits per heavy atom. The fourth-order valence-corrected chi connectivity index (χ4v) is 3.41. The van der Waals surface area contributed by atoms with Crippen LogP contribution in [0, 0.1) is 11.7 Å². The number of sulfonamides is 1. The second-order valence-corrected chi connectivity index (χ2v) is 7.27. The van der Waals surface area contributed by atoms with E-state index in [0.29, 0.717) is 31.4 Å². The van der Waals surface area contributed by atoms with Gasteiger partial charge >= 0.3 is 0 Å². The third-order valence-corrected chi connectivity index (χ3v) is 5.51. The predicted molar refractivity (Wildman–Crippen MR) is 75.7 cm³/mol. The molecule has 2 rings (SSSR count). The highest BCUT2D eigenvalue weighted by atomic mass is 32.2. The molecule has 20 heavy (non-hydrogen) atoms. The largest absolute Gasteiger partial charge is 0.493 e. The van der Waals surface area contributed by atoms with Crippen LogP contribution in [0.1, 0.15) is 19.8 Å². The first-order valence-corrected chi connectivity index (χ1v) is 8.48. The van der Waals surface area contributed by atoms with Crippen molar-refractivity contribution in [1.29, 1.82) is 0 Å². The molecule has 0 radical (unpaired) electrons. The van der Waals surface area contributed by atoms with Gasteiger partial charge in [0.1, 0.15) is 11.6 Å². The maximum atomic E-state index is 12.8. The summed E-state index contributed by atoms with van der Waals surface area (Å²) in [6, 6.07) is 5.94. The van der Waals surface area contributed by atoms with Gasteiger partial charge < -0.3 is 4.74 Å². The van der Waals surface area contributed by atoms with Crippen LogP contribution in [0.3, 0.4) is 0 Å². The topological polar surface area (TPSA) is 46.6 Å². The third-order valence-electron chi connectivity index (χ3n) is 3.63. The van der Waals surface area contributed by atoms with E-state index in [9.17, 15) is 12.8 Å². The molecule has 1 aromatic carbocycles. The van der Waals surface area contributed by atoms with Crippen molar-refractivity contribution >= 4 is 10.0 Å². The van der Waals surface area contributed by atoms with Crippen LogP contribution < -0.4 is 4.74 Å². The maximum Gasteiger partial charge on any atom is 0.213 e. The van der Waals surface area contributed by atoms with Gasteiger partial charge in [-0.15, -0.1) is 0 Å². The number of rotatable bonds is 5. The van der Waals surface area contributed by atoms with Crippen LogP contribution in [0.5, 0.6) is 5.75 Å². The first-order chi connectivity index (χ1) is 9.51. The highest BCUT2D eigenvalue weighted by Crippen LogP contribution is 2.21. The fraction of sp³-hybridized carbons (Fsp3) is 0.571. The molecule has 0 saturated carbocycles. The van der Waals surface area contributed by atoms with Crippen LogP contribution in [0.4, 0.5) is 4.39 Å². The van der Waals surface area contributed by atoms with Gasteiger partial charge in [0.25, 0.3) is 0 Å². The molecular formula is C14H20FNO3S. The third kappa shape index (κ3) is 3.93. The number of benzene rings is 1. The summed E-state index contributed by atoms with van der Waals surface area (Å²) in [7, 11) is -3.07. The zero-order valence-corrected chi connectivity index (χ0v) is 12.4. The molecule has 0 atom stereocenters. The van der Waals surface area contributed by atoms with Crippen LogP contribution in [-0.4, -0.2) is 38.2 Å². The highest BCUT2D eigenvalue weighted by Gasteiger charge is 2.26. The van der Waals surface area contributed by atoms with Gasteiger partial charge in [-0.05, 0) is 49.9 Å². The predicted octanol–water partition coefficient (Wildman–Crippen LogP) is 2.27. The normalized spacial score (nSPS) is 18.1. The molecule has 0 aromatic heterocycles. The number of halogens is 1. The van der Waals surface area contributed by atoms with Gasteiger partial charge in [0.15, 0.2) is 0 Å². The van der Waals surface area contributed by atoms with Crippen molar-refractivity contribution in [3.63, 3.8) is 0 Å². The van der Waals surface area contributed by atoms with E-state index < -0.39 is 10.0 Å². The lowest BCUT2D eigenvalue weighted by Gasteiger charge is -2.30. The van der Waals surface area contributed by atoms with Crippen molar-refractivity contribution in [1.82, 2.24) is 4.31 Å². The van der Waals surface area contributed by atoms with Crippen molar-refractivity contribution in [2.75, 3.05) is 25.4 Å². The highest BCUT2D eigenvalue weighted by molar-refractivity contribution is 7.89. The van der Waals surface area contributed by atoms with Gasteiger partial charge in [0.05, 0.1) is 12.4 Å². The molecule has 0 spiro atoms. The summed E-state index contributed by atoms with van der Waals surface area (Å²) >= 11 is 0. The quantitative estimate of drug-likeness (QED) is 0.838. The molecule has 1 aliphatic heterocycles. The minimum Gasteiger partial charge on any atom is -0.493 e. The molecule has 112 valence electrons. The zero-order valence-electron chi connectivity index (χ0n) is 11.6. The van der Waals surface area contributed by atoms with Crippen LogP contribution >= 0.6 is 0 Å². The molecule has 1 saturated heterocycles. The van der Waals surface area contributed by atoms with Crippen molar-refractivity contribution in [2.45, 2.75) is 19.8 Å². The minimum atomic E-state index is -3.07. The summed E-state index contributed by atoms with van der Waals surface area (Å²) < 4.78 is 43.4. The second kappa shape index (κ2) is 6.54. The first-order valence-electron chi connectivity index (χ1n) is 6.87. The zero-order chi connectivity index (χ0) is 14.6. The van der Waals surface area contributed by atoms with Crippen molar-refractivity contribution < 1.29 is 17.5 Å². The number of hydrogen-bond donors (Lipinski definition) is 0. The van der Waals surface area contributed by atoms with Crippen molar-refractivity contribution in [2.24, 2.45) is 5.92 Å². The molecule has 0 unspecified atom stereocenters. The summed E-state index contributed by atoms with van der Waals surface area (Å²) in [6.07, 6.45) is 1.61. The molecule has 1 aromatic rings. The van der Waals surface area contributed by atoms with Crippen molar-refractivity contribution in [3.8, 4) is 5.75 Å². The molecule has 0 aliphatic carbocycles. The number of hydrogen-bond acceptors (Lipinski definition) is 3. The Bertz CT molecular complexity index is 522. The van der Waals surface area contributed by atoms with E-state index in [2.05, 4.69) is 0 Å². The first kappa shape index (κ1) is 15.3. The van der Waals surface area contributed by atoms with Gasteiger partial charge in [-0.25, -0.2) is 17.1 Å². The van der Waals surface area contributed by atoms with Crippen LogP contribution in [0.15, 0.2) is 24.3 Å². The molecule has 0 amide bonds. The Morgan fingerprint density at radius 1 is 1.25 bits per heavy atom. The second-order valence-electron chi connectivity index (χ2n) is 5.01. The lowest BCUT2D eigenvalue weighted by Crippen LogP contribution is -2.40. The molecule has 1 heterocycles. The van der Waals surface area contributed by atoms with E-state index in [-0.39, 0.29) is 11.6 Å². The lowest BCUT2D eigenvalue weighted by atomic mass is 9.99. The average molecular weight is 301 g/mol. The van der Waals surface area contributed by atoms with Gasteiger partial charge in [-0.2, -0.15) is 0 Å². The Morgan fingerprint density at radius 2 is 1.85 bits per heavy atom. The van der Waals surface area contributed by atoms with Crippen LogP contribution in [0.25, 0.3) is 0 Å². The van der Waals surface area contributed by atoms with E-state index >= 15 is 0 Å². The van der Waals surface area contributed by atoms with E-state index in [1.807, 2.05) is 0 Å². The van der Waals surface area contributed by atoms with Crippen LogP contribution in [0.2, 0.25) is 0 Å². The molecule has 6 heteroatoms. The summed E-state index contributed by atoms with van der Waals surface area (Å²) in [5.74, 6) is 0.873. The molecule has 1 fully saturated rings. The van der Waals surface area contributed by atoms with E-state index in [1.54, 1.807) is 23.4 Å². The Hall–Kier alpha value is -1.14. The monoisotopic (exact) mass is 301 g/mol.